The molecule has 0 aromatic rings. The summed E-state index contributed by atoms with van der Waals surface area (Å²) in [6.07, 6.45) is 10.7. The van der Waals surface area contributed by atoms with Crippen molar-refractivity contribution >= 4 is 5.78 Å². The molecule has 1 unspecified atom stereocenters. The van der Waals surface area contributed by atoms with E-state index in [1.807, 2.05) is 0 Å². The lowest BCUT2D eigenvalue weighted by molar-refractivity contribution is -0.122. The first-order valence-corrected chi connectivity index (χ1v) is 6.99. The van der Waals surface area contributed by atoms with E-state index in [9.17, 15) is 4.79 Å². The molecular weight excluding hydrogens is 198 g/mol. The Balaban J connectivity index is 3.77. The Kier molecular flexibility index (Phi) is 10.9. The molecule has 0 heterocycles. The average Bonchev–Trinajstić information content (AvgIpc) is 2.31. The number of carbonyl (C=O) groups excluding carboxylic acids is 1. The number of carbonyl (C=O) groups is 1. The first-order chi connectivity index (χ1) is 7.76. The molecule has 2 nitrogen and oxygen atoms in total. The Bertz CT molecular complexity index is 168. The average molecular weight is 227 g/mol. The van der Waals surface area contributed by atoms with Gasteiger partial charge in [0.25, 0.3) is 0 Å². The Morgan fingerprint density at radius 2 is 1.44 bits per heavy atom. The molecule has 0 saturated heterocycles. The molecule has 96 valence electrons. The molecule has 0 aromatic heterocycles. The predicted octanol–water partition coefficient (Wildman–Crippen LogP) is 3.68. The minimum Gasteiger partial charge on any atom is -0.324 e. The molecule has 0 aliphatic carbocycles. The lowest BCUT2D eigenvalue weighted by atomic mass is 9.91. The second-order valence-electron chi connectivity index (χ2n) is 4.71. The highest BCUT2D eigenvalue weighted by atomic mass is 16.1. The van der Waals surface area contributed by atoms with Gasteiger partial charge in [0, 0.05) is 5.92 Å². The van der Waals surface area contributed by atoms with Crippen molar-refractivity contribution in [2.75, 3.05) is 6.54 Å². The minimum absolute atomic E-state index is 0.227. The van der Waals surface area contributed by atoms with Gasteiger partial charge < -0.3 is 5.73 Å². The van der Waals surface area contributed by atoms with E-state index in [1.54, 1.807) is 0 Å². The molecule has 2 N–H and O–H groups in total. The van der Waals surface area contributed by atoms with E-state index in [-0.39, 0.29) is 18.2 Å². The lowest BCUT2D eigenvalue weighted by Gasteiger charge is -2.14. The van der Waals surface area contributed by atoms with Gasteiger partial charge in [0.15, 0.2) is 0 Å². The van der Waals surface area contributed by atoms with Crippen LogP contribution in [-0.4, -0.2) is 12.3 Å². The third kappa shape index (κ3) is 7.86. The van der Waals surface area contributed by atoms with Crippen LogP contribution in [0.4, 0.5) is 0 Å². The van der Waals surface area contributed by atoms with Gasteiger partial charge in [-0.3, -0.25) is 4.79 Å². The van der Waals surface area contributed by atoms with Gasteiger partial charge in [-0.2, -0.15) is 0 Å². The van der Waals surface area contributed by atoms with Gasteiger partial charge in [-0.15, -0.1) is 0 Å². The van der Waals surface area contributed by atoms with Gasteiger partial charge in [0.05, 0.1) is 6.54 Å². The molecule has 0 bridgehead atoms. The van der Waals surface area contributed by atoms with Gasteiger partial charge in [-0.05, 0) is 12.8 Å². The van der Waals surface area contributed by atoms with Crippen LogP contribution in [0.1, 0.15) is 71.6 Å². The Morgan fingerprint density at radius 3 is 1.94 bits per heavy atom. The molecule has 1 atom stereocenters. The van der Waals surface area contributed by atoms with E-state index in [1.165, 1.54) is 44.9 Å². The second kappa shape index (κ2) is 11.1. The van der Waals surface area contributed by atoms with Gasteiger partial charge in [-0.1, -0.05) is 58.8 Å². The van der Waals surface area contributed by atoms with E-state index in [0.29, 0.717) is 0 Å². The van der Waals surface area contributed by atoms with Gasteiger partial charge in [-0.25, -0.2) is 0 Å². The Morgan fingerprint density at radius 1 is 0.938 bits per heavy atom. The zero-order valence-electron chi connectivity index (χ0n) is 11.1. The third-order valence-corrected chi connectivity index (χ3v) is 3.22. The van der Waals surface area contributed by atoms with Crippen molar-refractivity contribution in [1.29, 1.82) is 0 Å². The van der Waals surface area contributed by atoms with Gasteiger partial charge in [0.2, 0.25) is 0 Å². The van der Waals surface area contributed by atoms with Crippen molar-refractivity contribution in [2.45, 2.75) is 71.6 Å². The van der Waals surface area contributed by atoms with Crippen LogP contribution in [0.15, 0.2) is 0 Å². The predicted molar refractivity (Wildman–Crippen MR) is 70.5 cm³/mol. The normalized spacial score (nSPS) is 12.7. The van der Waals surface area contributed by atoms with Crippen molar-refractivity contribution < 1.29 is 4.79 Å². The summed E-state index contributed by atoms with van der Waals surface area (Å²) in [5.74, 6) is 0.515. The highest BCUT2D eigenvalue weighted by molar-refractivity contribution is 5.82. The largest absolute Gasteiger partial charge is 0.324 e. The summed E-state index contributed by atoms with van der Waals surface area (Å²) in [7, 11) is 0. The first kappa shape index (κ1) is 15.6. The molecule has 2 heteroatoms. The van der Waals surface area contributed by atoms with Gasteiger partial charge >= 0.3 is 0 Å². The number of hydrogen-bond acceptors (Lipinski definition) is 2. The number of ketones is 1. The topological polar surface area (TPSA) is 43.1 Å². The second-order valence-corrected chi connectivity index (χ2v) is 4.71. The molecule has 0 radical (unpaired) electrons. The molecule has 0 aliphatic rings. The SMILES string of the molecule is CCCCCCC(CCCCC)C(=O)CN. The number of unbranched alkanes of at least 4 members (excludes halogenated alkanes) is 5. The van der Waals surface area contributed by atoms with E-state index in [4.69, 9.17) is 5.73 Å². The molecule has 0 aliphatic heterocycles. The summed E-state index contributed by atoms with van der Waals surface area (Å²) in [5, 5.41) is 0. The number of Topliss-reactive ketones (excluding diaryl/α,β-unsaturated/α-hetero) is 1. The van der Waals surface area contributed by atoms with Crippen LogP contribution in [-0.2, 0) is 4.79 Å². The number of hydrogen-bond donors (Lipinski definition) is 1. The summed E-state index contributed by atoms with van der Waals surface area (Å²) in [6, 6.07) is 0. The fraction of sp³-hybridized carbons (Fsp3) is 0.929. The lowest BCUT2D eigenvalue weighted by Crippen LogP contribution is -2.23. The summed E-state index contributed by atoms with van der Waals surface area (Å²) in [6.45, 7) is 4.63. The smallest absolute Gasteiger partial charge is 0.149 e. The third-order valence-electron chi connectivity index (χ3n) is 3.22. The Labute approximate surface area is 101 Å². The molecule has 16 heavy (non-hydrogen) atoms. The van der Waals surface area contributed by atoms with Crippen molar-refractivity contribution in [3.8, 4) is 0 Å². The van der Waals surface area contributed by atoms with E-state index >= 15 is 0 Å². The van der Waals surface area contributed by atoms with Crippen LogP contribution in [0.2, 0.25) is 0 Å². The molecular formula is C14H29NO. The van der Waals surface area contributed by atoms with Crippen molar-refractivity contribution in [1.82, 2.24) is 0 Å². The van der Waals surface area contributed by atoms with Gasteiger partial charge in [0.1, 0.15) is 5.78 Å². The maximum atomic E-state index is 11.6. The molecule has 0 saturated carbocycles. The van der Waals surface area contributed by atoms with E-state index in [2.05, 4.69) is 13.8 Å². The summed E-state index contributed by atoms with van der Waals surface area (Å²) in [5.41, 5.74) is 5.46. The van der Waals surface area contributed by atoms with Crippen LogP contribution in [0.25, 0.3) is 0 Å². The van der Waals surface area contributed by atoms with Crippen molar-refractivity contribution in [3.63, 3.8) is 0 Å². The van der Waals surface area contributed by atoms with Crippen LogP contribution in [0.5, 0.6) is 0 Å². The highest BCUT2D eigenvalue weighted by Gasteiger charge is 2.15. The van der Waals surface area contributed by atoms with Crippen LogP contribution in [0.3, 0.4) is 0 Å². The highest BCUT2D eigenvalue weighted by Crippen LogP contribution is 2.18. The van der Waals surface area contributed by atoms with Crippen LogP contribution in [0, 0.1) is 5.92 Å². The maximum Gasteiger partial charge on any atom is 0.149 e. The van der Waals surface area contributed by atoms with Crippen molar-refractivity contribution in [2.24, 2.45) is 11.7 Å². The monoisotopic (exact) mass is 227 g/mol. The molecule has 0 rings (SSSR count). The molecule has 0 aromatic carbocycles. The summed E-state index contributed by atoms with van der Waals surface area (Å²) in [4.78, 5) is 11.6. The zero-order valence-corrected chi connectivity index (χ0v) is 11.1. The van der Waals surface area contributed by atoms with E-state index < -0.39 is 0 Å². The summed E-state index contributed by atoms with van der Waals surface area (Å²) >= 11 is 0. The van der Waals surface area contributed by atoms with Crippen molar-refractivity contribution in [3.05, 3.63) is 0 Å². The van der Waals surface area contributed by atoms with Crippen LogP contribution < -0.4 is 5.73 Å². The fourth-order valence-electron chi connectivity index (χ4n) is 2.09. The van der Waals surface area contributed by atoms with E-state index in [0.717, 1.165) is 12.8 Å². The number of nitrogens with two attached hydrogens (primary N) is 1. The molecule has 0 spiro atoms. The molecule has 0 amide bonds. The fourth-order valence-corrected chi connectivity index (χ4v) is 2.09. The zero-order chi connectivity index (χ0) is 12.2. The Hall–Kier alpha value is -0.370. The number of rotatable bonds is 11. The summed E-state index contributed by atoms with van der Waals surface area (Å²) < 4.78 is 0. The maximum absolute atomic E-state index is 11.6. The minimum atomic E-state index is 0.227. The first-order valence-electron chi connectivity index (χ1n) is 6.99. The standard InChI is InChI=1S/C14H29NO/c1-3-5-7-9-11-13(14(16)12-15)10-8-6-4-2/h13H,3-12,15H2,1-2H3. The van der Waals surface area contributed by atoms with Crippen LogP contribution >= 0.6 is 0 Å². The quantitative estimate of drug-likeness (QED) is 0.547. The molecule has 0 fully saturated rings.